The highest BCUT2D eigenvalue weighted by Crippen LogP contribution is 2.38. The SMILES string of the molecule is CCOc1c(OC)cc(CNC(=NC)NC(C)CC)cc1OC.I. The van der Waals surface area contributed by atoms with E-state index in [0.29, 0.717) is 36.4 Å². The number of halogens is 1. The Morgan fingerprint density at radius 2 is 1.75 bits per heavy atom. The number of ether oxygens (including phenoxy) is 3. The molecule has 2 N–H and O–H groups in total. The molecular formula is C17H30IN3O3. The lowest BCUT2D eigenvalue weighted by Crippen LogP contribution is -2.41. The summed E-state index contributed by atoms with van der Waals surface area (Å²) in [5, 5.41) is 6.62. The highest BCUT2D eigenvalue weighted by molar-refractivity contribution is 14.0. The first-order chi connectivity index (χ1) is 11.1. The summed E-state index contributed by atoms with van der Waals surface area (Å²) in [6, 6.07) is 4.25. The Labute approximate surface area is 162 Å². The van der Waals surface area contributed by atoms with Gasteiger partial charge in [-0.1, -0.05) is 6.92 Å². The zero-order chi connectivity index (χ0) is 17.2. The van der Waals surface area contributed by atoms with Crippen molar-refractivity contribution in [1.29, 1.82) is 0 Å². The van der Waals surface area contributed by atoms with E-state index in [9.17, 15) is 0 Å². The first-order valence-electron chi connectivity index (χ1n) is 7.94. The molecule has 0 bridgehead atoms. The van der Waals surface area contributed by atoms with Gasteiger partial charge in [-0.25, -0.2) is 0 Å². The van der Waals surface area contributed by atoms with Crippen molar-refractivity contribution in [2.24, 2.45) is 4.99 Å². The second-order valence-corrected chi connectivity index (χ2v) is 5.14. The van der Waals surface area contributed by atoms with Crippen LogP contribution in [0.3, 0.4) is 0 Å². The summed E-state index contributed by atoms with van der Waals surface area (Å²) in [7, 11) is 5.01. The largest absolute Gasteiger partial charge is 0.493 e. The summed E-state index contributed by atoms with van der Waals surface area (Å²) >= 11 is 0. The van der Waals surface area contributed by atoms with Crippen molar-refractivity contribution in [3.63, 3.8) is 0 Å². The number of guanidine groups is 1. The van der Waals surface area contributed by atoms with Crippen LogP contribution in [0.15, 0.2) is 17.1 Å². The fourth-order valence-corrected chi connectivity index (χ4v) is 2.04. The molecule has 0 aliphatic rings. The van der Waals surface area contributed by atoms with Gasteiger partial charge in [-0.05, 0) is 38.0 Å². The molecule has 0 aliphatic carbocycles. The molecule has 0 saturated heterocycles. The van der Waals surface area contributed by atoms with E-state index in [1.165, 1.54) is 0 Å². The summed E-state index contributed by atoms with van der Waals surface area (Å²) in [5.41, 5.74) is 1.02. The molecule has 6 nitrogen and oxygen atoms in total. The Hall–Kier alpha value is -1.38. The number of nitrogens with zero attached hydrogens (tertiary/aromatic N) is 1. The molecule has 1 atom stereocenters. The molecule has 0 amide bonds. The Kier molecular flexibility index (Phi) is 11.4. The Morgan fingerprint density at radius 3 is 2.17 bits per heavy atom. The van der Waals surface area contributed by atoms with Crippen molar-refractivity contribution in [3.05, 3.63) is 17.7 Å². The van der Waals surface area contributed by atoms with Crippen LogP contribution in [0.4, 0.5) is 0 Å². The third-order valence-corrected chi connectivity index (χ3v) is 3.49. The zero-order valence-electron chi connectivity index (χ0n) is 15.4. The third kappa shape index (κ3) is 6.62. The van der Waals surface area contributed by atoms with Gasteiger partial charge in [-0.3, -0.25) is 4.99 Å². The van der Waals surface area contributed by atoms with Crippen LogP contribution in [0.2, 0.25) is 0 Å². The average Bonchev–Trinajstić information content (AvgIpc) is 2.58. The molecule has 1 unspecified atom stereocenters. The van der Waals surface area contributed by atoms with Gasteiger partial charge in [0.1, 0.15) is 0 Å². The molecule has 0 spiro atoms. The van der Waals surface area contributed by atoms with Crippen molar-refractivity contribution >= 4 is 29.9 Å². The van der Waals surface area contributed by atoms with Gasteiger partial charge >= 0.3 is 0 Å². The quantitative estimate of drug-likeness (QED) is 0.361. The van der Waals surface area contributed by atoms with Crippen LogP contribution in [0.25, 0.3) is 0 Å². The van der Waals surface area contributed by atoms with Crippen LogP contribution in [0.1, 0.15) is 32.8 Å². The number of methoxy groups -OCH3 is 2. The number of benzene rings is 1. The molecule has 24 heavy (non-hydrogen) atoms. The van der Waals surface area contributed by atoms with Crippen molar-refractivity contribution in [2.45, 2.75) is 39.8 Å². The summed E-state index contributed by atoms with van der Waals surface area (Å²) in [4.78, 5) is 4.23. The normalized spacial score (nSPS) is 12.0. The average molecular weight is 451 g/mol. The van der Waals surface area contributed by atoms with Crippen molar-refractivity contribution in [1.82, 2.24) is 10.6 Å². The predicted molar refractivity (Wildman–Crippen MR) is 109 cm³/mol. The van der Waals surface area contributed by atoms with Crippen LogP contribution < -0.4 is 24.8 Å². The van der Waals surface area contributed by atoms with Crippen molar-refractivity contribution in [2.75, 3.05) is 27.9 Å². The standard InChI is InChI=1S/C17H29N3O3.HI/c1-7-12(3)20-17(18-4)19-11-13-9-14(21-5)16(23-8-2)15(10-13)22-6;/h9-10,12H,7-8,11H2,1-6H3,(H2,18,19,20);1H. The first kappa shape index (κ1) is 22.6. The number of hydrogen-bond acceptors (Lipinski definition) is 4. The lowest BCUT2D eigenvalue weighted by molar-refractivity contribution is 0.288. The van der Waals surface area contributed by atoms with Gasteiger partial charge in [-0.2, -0.15) is 0 Å². The summed E-state index contributed by atoms with van der Waals surface area (Å²) in [6.45, 7) is 7.34. The molecule has 1 aromatic rings. The van der Waals surface area contributed by atoms with E-state index >= 15 is 0 Å². The number of nitrogens with one attached hydrogen (secondary N) is 2. The summed E-state index contributed by atoms with van der Waals surface area (Å²) in [5.74, 6) is 2.72. The van der Waals surface area contributed by atoms with E-state index in [2.05, 4.69) is 29.5 Å². The lowest BCUT2D eigenvalue weighted by atomic mass is 10.1. The van der Waals surface area contributed by atoms with Gasteiger partial charge in [0.25, 0.3) is 0 Å². The first-order valence-corrected chi connectivity index (χ1v) is 7.94. The minimum absolute atomic E-state index is 0. The van der Waals surface area contributed by atoms with E-state index in [1.54, 1.807) is 21.3 Å². The molecule has 1 rings (SSSR count). The monoisotopic (exact) mass is 451 g/mol. The fourth-order valence-electron chi connectivity index (χ4n) is 2.04. The maximum absolute atomic E-state index is 5.61. The number of rotatable bonds is 8. The van der Waals surface area contributed by atoms with Crippen molar-refractivity contribution < 1.29 is 14.2 Å². The predicted octanol–water partition coefficient (Wildman–Crippen LogP) is 3.18. The van der Waals surface area contributed by atoms with Crippen LogP contribution in [0.5, 0.6) is 17.2 Å². The van der Waals surface area contributed by atoms with Crippen LogP contribution >= 0.6 is 24.0 Å². The Morgan fingerprint density at radius 1 is 1.17 bits per heavy atom. The highest BCUT2D eigenvalue weighted by atomic mass is 127. The topological polar surface area (TPSA) is 64.1 Å². The summed E-state index contributed by atoms with van der Waals surface area (Å²) < 4.78 is 16.4. The van der Waals surface area contributed by atoms with E-state index < -0.39 is 0 Å². The Balaban J connectivity index is 0.00000529. The lowest BCUT2D eigenvalue weighted by Gasteiger charge is -2.18. The number of hydrogen-bond donors (Lipinski definition) is 2. The van der Waals surface area contributed by atoms with Crippen LogP contribution in [-0.2, 0) is 6.54 Å². The van der Waals surface area contributed by atoms with Gasteiger partial charge < -0.3 is 24.8 Å². The van der Waals surface area contributed by atoms with Crippen LogP contribution in [0, 0.1) is 0 Å². The molecule has 0 radical (unpaired) electrons. The van der Waals surface area contributed by atoms with Gasteiger partial charge in [0.15, 0.2) is 17.5 Å². The molecule has 138 valence electrons. The Bertz CT molecular complexity index is 499. The fraction of sp³-hybridized carbons (Fsp3) is 0.588. The highest BCUT2D eigenvalue weighted by Gasteiger charge is 2.14. The molecule has 7 heteroatoms. The smallest absolute Gasteiger partial charge is 0.203 e. The summed E-state index contributed by atoms with van der Waals surface area (Å²) in [6.07, 6.45) is 1.03. The number of aliphatic imine (C=N–C) groups is 1. The van der Waals surface area contributed by atoms with Gasteiger partial charge in [-0.15, -0.1) is 24.0 Å². The molecule has 0 aliphatic heterocycles. The van der Waals surface area contributed by atoms with Gasteiger partial charge in [0, 0.05) is 19.6 Å². The minimum Gasteiger partial charge on any atom is -0.493 e. The minimum atomic E-state index is 0. The maximum atomic E-state index is 5.61. The molecular weight excluding hydrogens is 421 g/mol. The van der Waals surface area contributed by atoms with Crippen LogP contribution in [-0.4, -0.2) is 39.9 Å². The molecule has 0 saturated carbocycles. The van der Waals surface area contributed by atoms with E-state index in [-0.39, 0.29) is 24.0 Å². The van der Waals surface area contributed by atoms with E-state index in [1.807, 2.05) is 19.1 Å². The zero-order valence-corrected chi connectivity index (χ0v) is 17.8. The van der Waals surface area contributed by atoms with Gasteiger partial charge in [0.05, 0.1) is 20.8 Å². The van der Waals surface area contributed by atoms with Gasteiger partial charge in [0.2, 0.25) is 5.75 Å². The third-order valence-electron chi connectivity index (χ3n) is 3.49. The molecule has 0 heterocycles. The molecule has 1 aromatic carbocycles. The van der Waals surface area contributed by atoms with Crippen molar-refractivity contribution in [3.8, 4) is 17.2 Å². The van der Waals surface area contributed by atoms with E-state index in [4.69, 9.17) is 14.2 Å². The molecule has 0 fully saturated rings. The molecule has 0 aromatic heterocycles. The maximum Gasteiger partial charge on any atom is 0.203 e. The second-order valence-electron chi connectivity index (χ2n) is 5.14. The second kappa shape index (κ2) is 12.0. The van der Waals surface area contributed by atoms with E-state index in [0.717, 1.165) is 17.9 Å².